The number of carboxylic acids is 1. The number of hydrogen-bond acceptors (Lipinski definition) is 4. The largest absolute Gasteiger partial charge is 0.487 e. The Morgan fingerprint density at radius 3 is 2.14 bits per heavy atom. The topological polar surface area (TPSA) is 82.2 Å². The van der Waals surface area contributed by atoms with Crippen LogP contribution < -0.4 is 4.74 Å². The zero-order chi connectivity index (χ0) is 30.8. The second-order valence-electron chi connectivity index (χ2n) is 10.8. The molecule has 10 heteroatoms. The number of fused-ring (bicyclic) bond motifs is 1. The maximum Gasteiger partial charge on any atom is 0.416 e. The van der Waals surface area contributed by atoms with Gasteiger partial charge >= 0.3 is 12.1 Å². The lowest BCUT2D eigenvalue weighted by Gasteiger charge is -2.26. The molecule has 0 aliphatic rings. The molecular formula is C33H33F3N4O3. The molecule has 1 N–H and O–H groups in total. The highest BCUT2D eigenvalue weighted by Crippen LogP contribution is 2.34. The first-order chi connectivity index (χ1) is 20.5. The van der Waals surface area contributed by atoms with Crippen molar-refractivity contribution in [1.82, 2.24) is 19.3 Å². The molecule has 0 unspecified atom stereocenters. The molecule has 224 valence electrons. The first-order valence-corrected chi connectivity index (χ1v) is 14.1. The summed E-state index contributed by atoms with van der Waals surface area (Å²) in [7, 11) is 1.84. The van der Waals surface area contributed by atoms with E-state index in [1.54, 1.807) is 4.68 Å². The summed E-state index contributed by atoms with van der Waals surface area (Å²) in [5.74, 6) is 0.449. The third-order valence-electron chi connectivity index (χ3n) is 8.10. The van der Waals surface area contributed by atoms with E-state index in [4.69, 9.17) is 9.72 Å². The average Bonchev–Trinajstić information content (AvgIpc) is 3.56. The number of halogens is 3. The van der Waals surface area contributed by atoms with Gasteiger partial charge in [0.25, 0.3) is 0 Å². The number of benzene rings is 3. The highest BCUT2D eigenvalue weighted by molar-refractivity contribution is 5.79. The highest BCUT2D eigenvalue weighted by atomic mass is 19.4. The van der Waals surface area contributed by atoms with Gasteiger partial charge in [0, 0.05) is 32.3 Å². The molecule has 0 spiro atoms. The average molecular weight is 591 g/mol. The Labute approximate surface area is 247 Å². The Morgan fingerprint density at radius 2 is 1.58 bits per heavy atom. The Bertz CT molecular complexity index is 1720. The number of nitrogens with zero attached hydrogens (tertiary/aromatic N) is 4. The van der Waals surface area contributed by atoms with Gasteiger partial charge in [-0.15, -0.1) is 0 Å². The van der Waals surface area contributed by atoms with E-state index in [1.165, 1.54) is 12.1 Å². The van der Waals surface area contributed by atoms with E-state index in [2.05, 4.69) is 5.10 Å². The number of carboxylic acid groups (broad SMARTS) is 1. The summed E-state index contributed by atoms with van der Waals surface area (Å²) >= 11 is 0. The Hall–Kier alpha value is -4.60. The van der Waals surface area contributed by atoms with Gasteiger partial charge in [0.05, 0.1) is 27.7 Å². The zero-order valence-corrected chi connectivity index (χ0v) is 24.2. The lowest BCUT2D eigenvalue weighted by Crippen LogP contribution is -2.33. The van der Waals surface area contributed by atoms with Gasteiger partial charge in [-0.1, -0.05) is 50.2 Å². The molecule has 2 heterocycles. The van der Waals surface area contributed by atoms with E-state index >= 15 is 0 Å². The molecular weight excluding hydrogens is 557 g/mol. The lowest BCUT2D eigenvalue weighted by atomic mass is 9.79. The maximum atomic E-state index is 13.0. The lowest BCUT2D eigenvalue weighted by molar-refractivity contribution is -0.149. The number of hydrogen-bond donors (Lipinski definition) is 1. The van der Waals surface area contributed by atoms with Crippen LogP contribution in [-0.4, -0.2) is 30.4 Å². The molecule has 0 amide bonds. The number of imidazole rings is 1. The van der Waals surface area contributed by atoms with Crippen LogP contribution in [0, 0.1) is 5.41 Å². The molecule has 5 aromatic rings. The predicted octanol–water partition coefficient (Wildman–Crippen LogP) is 7.52. The van der Waals surface area contributed by atoms with Gasteiger partial charge in [-0.3, -0.25) is 9.48 Å². The van der Waals surface area contributed by atoms with E-state index in [-0.39, 0.29) is 6.42 Å². The Morgan fingerprint density at radius 1 is 0.930 bits per heavy atom. The second-order valence-corrected chi connectivity index (χ2v) is 10.8. The first kappa shape index (κ1) is 29.9. The summed E-state index contributed by atoms with van der Waals surface area (Å²) in [5, 5.41) is 14.5. The van der Waals surface area contributed by atoms with Gasteiger partial charge < -0.3 is 14.4 Å². The van der Waals surface area contributed by atoms with Crippen molar-refractivity contribution in [3.05, 3.63) is 102 Å². The molecule has 2 aromatic heterocycles. The fraction of sp³-hybridized carbons (Fsp3) is 0.303. The summed E-state index contributed by atoms with van der Waals surface area (Å²) in [6.07, 6.45) is -1.35. The van der Waals surface area contributed by atoms with Gasteiger partial charge in [0.2, 0.25) is 0 Å². The highest BCUT2D eigenvalue weighted by Gasteiger charge is 2.37. The number of ether oxygens (including phenoxy) is 1. The van der Waals surface area contributed by atoms with Gasteiger partial charge in [-0.2, -0.15) is 18.3 Å². The molecule has 0 saturated heterocycles. The summed E-state index contributed by atoms with van der Waals surface area (Å²) in [6.45, 7) is 4.49. The van der Waals surface area contributed by atoms with Crippen LogP contribution in [-0.2, 0) is 37.6 Å². The fourth-order valence-corrected chi connectivity index (χ4v) is 5.27. The van der Waals surface area contributed by atoms with Crippen molar-refractivity contribution < 1.29 is 27.8 Å². The quantitative estimate of drug-likeness (QED) is 0.172. The fourth-order valence-electron chi connectivity index (χ4n) is 5.27. The van der Waals surface area contributed by atoms with Crippen LogP contribution >= 0.6 is 0 Å². The molecule has 0 fully saturated rings. The van der Waals surface area contributed by atoms with Crippen LogP contribution in [0.5, 0.6) is 5.75 Å². The maximum absolute atomic E-state index is 13.0. The summed E-state index contributed by atoms with van der Waals surface area (Å²) < 4.78 is 48.7. The van der Waals surface area contributed by atoms with Crippen molar-refractivity contribution in [2.24, 2.45) is 12.5 Å². The SMILES string of the molecule is CCC(CC)(Cc1nc2ccc(OCc3ccn(C)n3)cc2n1Cc1ccc(-c2ccc(C(F)(F)F)cc2)cc1)C(=O)O. The molecule has 0 bridgehead atoms. The van der Waals surface area contributed by atoms with Gasteiger partial charge in [-0.05, 0) is 59.9 Å². The number of alkyl halides is 3. The minimum atomic E-state index is -4.38. The molecule has 0 saturated carbocycles. The third-order valence-corrected chi connectivity index (χ3v) is 8.10. The van der Waals surface area contributed by atoms with Crippen molar-refractivity contribution >= 4 is 17.0 Å². The second kappa shape index (κ2) is 11.9. The van der Waals surface area contributed by atoms with Gasteiger partial charge in [0.1, 0.15) is 18.2 Å². The molecule has 0 atom stereocenters. The standard InChI is InChI=1S/C33H33F3N4O3/c1-4-32(5-2,31(41)42)19-30-37-28-15-14-27(43-21-26-16-17-39(3)38-26)18-29(28)40(30)20-22-6-8-23(9-7-22)24-10-12-25(13-11-24)33(34,35)36/h6-18H,4-5,19-21H2,1-3H3,(H,41,42). The number of aryl methyl sites for hydroxylation is 1. The minimum absolute atomic E-state index is 0.262. The summed E-state index contributed by atoms with van der Waals surface area (Å²) in [6, 6.07) is 20.2. The molecule has 0 radical (unpaired) electrons. The molecule has 3 aromatic carbocycles. The molecule has 0 aliphatic carbocycles. The van der Waals surface area contributed by atoms with Crippen LogP contribution in [0.4, 0.5) is 13.2 Å². The molecule has 43 heavy (non-hydrogen) atoms. The van der Waals surface area contributed by atoms with E-state index in [9.17, 15) is 23.1 Å². The van der Waals surface area contributed by atoms with E-state index in [0.717, 1.165) is 40.0 Å². The van der Waals surface area contributed by atoms with Crippen molar-refractivity contribution in [3.8, 4) is 16.9 Å². The van der Waals surface area contributed by atoms with Crippen LogP contribution in [0.1, 0.15) is 49.3 Å². The number of carbonyl (C=O) groups is 1. The van der Waals surface area contributed by atoms with Crippen LogP contribution in [0.25, 0.3) is 22.2 Å². The van der Waals surface area contributed by atoms with Crippen molar-refractivity contribution in [1.29, 1.82) is 0 Å². The van der Waals surface area contributed by atoms with Crippen LogP contribution in [0.2, 0.25) is 0 Å². The molecule has 5 rings (SSSR count). The first-order valence-electron chi connectivity index (χ1n) is 14.1. The van der Waals surface area contributed by atoms with Gasteiger partial charge in [0.15, 0.2) is 0 Å². The zero-order valence-electron chi connectivity index (χ0n) is 24.2. The number of aliphatic carboxylic acids is 1. The summed E-state index contributed by atoms with van der Waals surface area (Å²) in [5.41, 5.74) is 3.10. The van der Waals surface area contributed by atoms with Crippen molar-refractivity contribution in [2.45, 2.75) is 52.4 Å². The normalized spacial score (nSPS) is 12.1. The Kier molecular flexibility index (Phi) is 8.30. The van der Waals surface area contributed by atoms with Crippen molar-refractivity contribution in [2.75, 3.05) is 0 Å². The number of aromatic nitrogens is 4. The van der Waals surface area contributed by atoms with E-state index in [1.807, 2.05) is 80.2 Å². The van der Waals surface area contributed by atoms with E-state index < -0.39 is 23.1 Å². The minimum Gasteiger partial charge on any atom is -0.487 e. The number of rotatable bonds is 11. The molecule has 0 aliphatic heterocycles. The van der Waals surface area contributed by atoms with Gasteiger partial charge in [-0.25, -0.2) is 4.98 Å². The molecule has 7 nitrogen and oxygen atoms in total. The van der Waals surface area contributed by atoms with Crippen molar-refractivity contribution in [3.63, 3.8) is 0 Å². The Balaban J connectivity index is 1.47. The van der Waals surface area contributed by atoms with Crippen LogP contribution in [0.3, 0.4) is 0 Å². The smallest absolute Gasteiger partial charge is 0.416 e. The van der Waals surface area contributed by atoms with Crippen LogP contribution in [0.15, 0.2) is 79.0 Å². The van der Waals surface area contributed by atoms with E-state index in [0.29, 0.717) is 43.1 Å². The monoisotopic (exact) mass is 590 g/mol. The summed E-state index contributed by atoms with van der Waals surface area (Å²) in [4.78, 5) is 17.2. The predicted molar refractivity (Wildman–Crippen MR) is 158 cm³/mol. The third kappa shape index (κ3) is 6.43.